The Kier molecular flexibility index (Phi) is 4.39. The van der Waals surface area contributed by atoms with Crippen molar-refractivity contribution in [1.29, 1.82) is 0 Å². The summed E-state index contributed by atoms with van der Waals surface area (Å²) in [7, 11) is 0. The molecule has 0 unspecified atom stereocenters. The summed E-state index contributed by atoms with van der Waals surface area (Å²) >= 11 is 0. The number of para-hydroxylation sites is 1. The van der Waals surface area contributed by atoms with Crippen LogP contribution in [0.1, 0.15) is 41.1 Å². The zero-order valence-corrected chi connectivity index (χ0v) is 16.0. The van der Waals surface area contributed by atoms with Gasteiger partial charge in [-0.3, -0.25) is 9.59 Å². The molecule has 2 aliphatic heterocycles. The lowest BCUT2D eigenvalue weighted by atomic mass is 9.71. The number of carbonyl (C=O) groups is 2. The number of nitrogens with zero attached hydrogens (tertiary/aromatic N) is 2. The normalized spacial score (nSPS) is 25.5. The average molecular weight is 394 g/mol. The standard InChI is InChI=1S/C23H23FN2O3/c24-17-10-3-1-8-15(17)23(29)26-19-12-25(22(28)14-6-5-7-14)18-11-4-2-9-16(18)21(19)20(26)13-27/h1-4,8-11,14,19-21,27H,5-7,12-13H2/t19-,20+,21+/m0/s1. The van der Waals surface area contributed by atoms with Crippen molar-refractivity contribution in [3.8, 4) is 0 Å². The molecule has 1 aliphatic carbocycles. The van der Waals surface area contributed by atoms with Gasteiger partial charge in [0.05, 0.1) is 24.3 Å². The van der Waals surface area contributed by atoms with E-state index in [0.29, 0.717) is 6.54 Å². The topological polar surface area (TPSA) is 60.9 Å². The lowest BCUT2D eigenvalue weighted by molar-refractivity contribution is -0.125. The van der Waals surface area contributed by atoms with Crippen molar-refractivity contribution in [2.45, 2.75) is 37.3 Å². The summed E-state index contributed by atoms with van der Waals surface area (Å²) in [5, 5.41) is 10.0. The summed E-state index contributed by atoms with van der Waals surface area (Å²) in [6, 6.07) is 13.0. The van der Waals surface area contributed by atoms with Crippen molar-refractivity contribution >= 4 is 17.5 Å². The molecule has 0 aromatic heterocycles. The van der Waals surface area contributed by atoms with Crippen LogP contribution in [-0.2, 0) is 4.79 Å². The maximum atomic E-state index is 14.2. The minimum atomic E-state index is -0.573. The van der Waals surface area contributed by atoms with Crippen LogP contribution in [0.2, 0.25) is 0 Å². The van der Waals surface area contributed by atoms with Gasteiger partial charge < -0.3 is 14.9 Å². The largest absolute Gasteiger partial charge is 0.394 e. The fourth-order valence-electron chi connectivity index (χ4n) is 5.02. The Morgan fingerprint density at radius 3 is 2.48 bits per heavy atom. The Morgan fingerprint density at radius 2 is 1.79 bits per heavy atom. The molecular formula is C23H23FN2O3. The molecule has 0 spiro atoms. The summed E-state index contributed by atoms with van der Waals surface area (Å²) in [5.41, 5.74) is 1.86. The van der Waals surface area contributed by atoms with Gasteiger partial charge >= 0.3 is 0 Å². The maximum Gasteiger partial charge on any atom is 0.257 e. The SMILES string of the molecule is O=C(C1CCC1)N1C[C@H]2[C@@H](c3ccccc31)[C@@H](CO)N2C(=O)c1ccccc1F. The van der Waals surface area contributed by atoms with Crippen LogP contribution in [0.15, 0.2) is 48.5 Å². The van der Waals surface area contributed by atoms with E-state index in [2.05, 4.69) is 0 Å². The number of halogens is 1. The van der Waals surface area contributed by atoms with Crippen molar-refractivity contribution in [2.24, 2.45) is 5.92 Å². The second kappa shape index (κ2) is 6.95. The number of hydrogen-bond acceptors (Lipinski definition) is 3. The first-order valence-electron chi connectivity index (χ1n) is 10.2. The summed E-state index contributed by atoms with van der Waals surface area (Å²) < 4.78 is 14.2. The minimum absolute atomic E-state index is 0.000119. The Hall–Kier alpha value is -2.73. The zero-order valence-electron chi connectivity index (χ0n) is 16.0. The third-order valence-electron chi connectivity index (χ3n) is 6.75. The molecule has 1 saturated heterocycles. The molecule has 2 aromatic rings. The van der Waals surface area contributed by atoms with E-state index in [9.17, 15) is 19.1 Å². The predicted octanol–water partition coefficient (Wildman–Crippen LogP) is 2.94. The molecular weight excluding hydrogens is 371 g/mol. The summed E-state index contributed by atoms with van der Waals surface area (Å²) in [5.74, 6) is -0.913. The number of rotatable bonds is 3. The molecule has 3 aliphatic rings. The van der Waals surface area contributed by atoms with Crippen LogP contribution in [0.3, 0.4) is 0 Å². The summed E-state index contributed by atoms with van der Waals surface area (Å²) in [6.07, 6.45) is 2.88. The van der Waals surface area contributed by atoms with Crippen LogP contribution in [-0.4, -0.2) is 47.1 Å². The van der Waals surface area contributed by atoms with Crippen LogP contribution in [0, 0.1) is 11.7 Å². The maximum absolute atomic E-state index is 14.2. The van der Waals surface area contributed by atoms with Gasteiger partial charge in [0, 0.05) is 24.1 Å². The van der Waals surface area contributed by atoms with E-state index in [-0.39, 0.29) is 36.0 Å². The van der Waals surface area contributed by atoms with Gasteiger partial charge in [0.15, 0.2) is 0 Å². The first-order valence-corrected chi connectivity index (χ1v) is 10.2. The van der Waals surface area contributed by atoms with Crippen molar-refractivity contribution in [2.75, 3.05) is 18.1 Å². The first kappa shape index (κ1) is 18.3. The number of benzene rings is 2. The molecule has 3 atom stereocenters. The summed E-state index contributed by atoms with van der Waals surface area (Å²) in [6.45, 7) is 0.181. The van der Waals surface area contributed by atoms with Gasteiger partial charge in [-0.15, -0.1) is 0 Å². The third-order valence-corrected chi connectivity index (χ3v) is 6.75. The molecule has 0 bridgehead atoms. The van der Waals surface area contributed by atoms with Crippen molar-refractivity contribution < 1.29 is 19.1 Å². The highest BCUT2D eigenvalue weighted by atomic mass is 19.1. The van der Waals surface area contributed by atoms with Gasteiger partial charge in [0.25, 0.3) is 5.91 Å². The van der Waals surface area contributed by atoms with Crippen LogP contribution in [0.5, 0.6) is 0 Å². The van der Waals surface area contributed by atoms with Crippen molar-refractivity contribution in [3.63, 3.8) is 0 Å². The number of anilines is 1. The quantitative estimate of drug-likeness (QED) is 0.871. The van der Waals surface area contributed by atoms with E-state index in [0.717, 1.165) is 30.5 Å². The van der Waals surface area contributed by atoms with Crippen LogP contribution in [0.25, 0.3) is 0 Å². The molecule has 0 radical (unpaired) electrons. The number of likely N-dealkylation sites (tertiary alicyclic amines) is 1. The molecule has 2 amide bonds. The number of fused-ring (bicyclic) bond motifs is 3. The van der Waals surface area contributed by atoms with Crippen LogP contribution in [0.4, 0.5) is 10.1 Å². The highest BCUT2D eigenvalue weighted by Crippen LogP contribution is 2.49. The lowest BCUT2D eigenvalue weighted by Gasteiger charge is -2.59. The van der Waals surface area contributed by atoms with E-state index >= 15 is 0 Å². The predicted molar refractivity (Wildman–Crippen MR) is 106 cm³/mol. The van der Waals surface area contributed by atoms with Gasteiger partial charge in [-0.2, -0.15) is 0 Å². The fourth-order valence-corrected chi connectivity index (χ4v) is 5.02. The smallest absolute Gasteiger partial charge is 0.257 e. The molecule has 2 heterocycles. The number of amides is 2. The van der Waals surface area contributed by atoms with E-state index < -0.39 is 17.8 Å². The first-order chi connectivity index (χ1) is 14.1. The molecule has 2 fully saturated rings. The monoisotopic (exact) mass is 394 g/mol. The molecule has 5 nitrogen and oxygen atoms in total. The highest BCUT2D eigenvalue weighted by molar-refractivity contribution is 5.99. The second-order valence-corrected chi connectivity index (χ2v) is 8.17. The Labute approximate surface area is 168 Å². The fraction of sp³-hybridized carbons (Fsp3) is 0.391. The van der Waals surface area contributed by atoms with Gasteiger partial charge in [-0.25, -0.2) is 4.39 Å². The minimum Gasteiger partial charge on any atom is -0.394 e. The highest BCUT2D eigenvalue weighted by Gasteiger charge is 2.56. The Balaban J connectivity index is 1.52. The number of aliphatic hydroxyl groups is 1. The third kappa shape index (κ3) is 2.69. The Morgan fingerprint density at radius 1 is 1.07 bits per heavy atom. The molecule has 29 heavy (non-hydrogen) atoms. The number of carbonyl (C=O) groups excluding carboxylic acids is 2. The number of aliphatic hydroxyl groups excluding tert-OH is 1. The van der Waals surface area contributed by atoms with Gasteiger partial charge in [-0.05, 0) is 36.6 Å². The molecule has 2 aromatic carbocycles. The van der Waals surface area contributed by atoms with Gasteiger partial charge in [0.1, 0.15) is 5.82 Å². The second-order valence-electron chi connectivity index (χ2n) is 8.17. The van der Waals surface area contributed by atoms with Gasteiger partial charge in [0.2, 0.25) is 5.91 Å². The summed E-state index contributed by atoms with van der Waals surface area (Å²) in [4.78, 5) is 29.6. The molecule has 150 valence electrons. The lowest BCUT2D eigenvalue weighted by Crippen LogP contribution is -2.71. The molecule has 1 saturated carbocycles. The molecule has 6 heteroatoms. The van der Waals surface area contributed by atoms with E-state index in [1.54, 1.807) is 21.9 Å². The Bertz CT molecular complexity index is 974. The van der Waals surface area contributed by atoms with Crippen molar-refractivity contribution in [1.82, 2.24) is 4.90 Å². The van der Waals surface area contributed by atoms with Crippen molar-refractivity contribution in [3.05, 3.63) is 65.5 Å². The number of hydrogen-bond donors (Lipinski definition) is 1. The molecule has 1 N–H and O–H groups in total. The van der Waals surface area contributed by atoms with Crippen LogP contribution < -0.4 is 4.90 Å². The molecule has 5 rings (SSSR count). The average Bonchev–Trinajstić information content (AvgIpc) is 2.67. The van der Waals surface area contributed by atoms with Gasteiger partial charge in [-0.1, -0.05) is 36.8 Å². The zero-order chi connectivity index (χ0) is 20.1. The van der Waals surface area contributed by atoms with Crippen LogP contribution >= 0.6 is 0 Å². The van der Waals surface area contributed by atoms with E-state index in [1.165, 1.54) is 12.1 Å². The van der Waals surface area contributed by atoms with E-state index in [4.69, 9.17) is 0 Å². The van der Waals surface area contributed by atoms with E-state index in [1.807, 2.05) is 24.3 Å².